The lowest BCUT2D eigenvalue weighted by molar-refractivity contribution is 0.181. The van der Waals surface area contributed by atoms with Crippen molar-refractivity contribution in [1.29, 1.82) is 0 Å². The summed E-state index contributed by atoms with van der Waals surface area (Å²) in [5.41, 5.74) is 0.840. The van der Waals surface area contributed by atoms with Crippen molar-refractivity contribution in [3.63, 3.8) is 0 Å². The van der Waals surface area contributed by atoms with Gasteiger partial charge in [-0.05, 0) is 18.1 Å². The third kappa shape index (κ3) is 2.16. The number of aliphatic hydroxyl groups excluding tert-OH is 1. The van der Waals surface area contributed by atoms with Crippen LogP contribution in [0.2, 0.25) is 0 Å². The Hall–Kier alpha value is -1.15. The Bertz CT molecular complexity index is 220. The molecule has 1 rings (SSSR count). The molecule has 0 radical (unpaired) electrons. The summed E-state index contributed by atoms with van der Waals surface area (Å²) < 4.78 is 0. The molecule has 58 valence electrons. The molecule has 11 heavy (non-hydrogen) atoms. The van der Waals surface area contributed by atoms with Crippen molar-refractivity contribution < 1.29 is 5.11 Å². The van der Waals surface area contributed by atoms with E-state index in [-0.39, 0.29) is 0 Å². The second-order valence-electron chi connectivity index (χ2n) is 2.33. The predicted molar refractivity (Wildman–Crippen MR) is 44.0 cm³/mol. The van der Waals surface area contributed by atoms with Crippen molar-refractivity contribution in [1.82, 2.24) is 4.98 Å². The van der Waals surface area contributed by atoms with E-state index >= 15 is 0 Å². The summed E-state index contributed by atoms with van der Waals surface area (Å²) in [6, 6.07) is 3.66. The van der Waals surface area contributed by atoms with Crippen LogP contribution >= 0.6 is 0 Å². The number of nitrogens with zero attached hydrogens (tertiary/aromatic N) is 1. The fourth-order valence-corrected chi connectivity index (χ4v) is 0.867. The molecule has 1 atom stereocenters. The Labute approximate surface area is 66.2 Å². The maximum Gasteiger partial charge on any atom is 0.0839 e. The second kappa shape index (κ2) is 3.88. The van der Waals surface area contributed by atoms with Crippen LogP contribution in [0.1, 0.15) is 18.1 Å². The molecule has 1 aromatic rings. The van der Waals surface area contributed by atoms with Gasteiger partial charge in [0.1, 0.15) is 0 Å². The van der Waals surface area contributed by atoms with E-state index in [1.807, 2.05) is 12.1 Å². The predicted octanol–water partition coefficient (Wildman–Crippen LogP) is 1.69. The van der Waals surface area contributed by atoms with Crippen LogP contribution in [0, 0.1) is 0 Å². The Kier molecular flexibility index (Phi) is 2.81. The highest BCUT2D eigenvalue weighted by molar-refractivity contribution is 5.12. The quantitative estimate of drug-likeness (QED) is 0.663. The van der Waals surface area contributed by atoms with Crippen molar-refractivity contribution in [2.45, 2.75) is 12.5 Å². The molecule has 1 heterocycles. The average molecular weight is 149 g/mol. The minimum atomic E-state index is -0.457. The number of hydrogen-bond donors (Lipinski definition) is 1. The molecule has 1 N–H and O–H groups in total. The van der Waals surface area contributed by atoms with Crippen LogP contribution in [0.3, 0.4) is 0 Å². The number of hydrogen-bond acceptors (Lipinski definition) is 2. The summed E-state index contributed by atoms with van der Waals surface area (Å²) >= 11 is 0. The largest absolute Gasteiger partial charge is 0.388 e. The smallest absolute Gasteiger partial charge is 0.0839 e. The molecular formula is C9H11NO. The summed E-state index contributed by atoms with van der Waals surface area (Å²) in [6.07, 6.45) is 5.16. The first-order valence-corrected chi connectivity index (χ1v) is 3.53. The van der Waals surface area contributed by atoms with E-state index in [4.69, 9.17) is 0 Å². The first-order chi connectivity index (χ1) is 5.34. The van der Waals surface area contributed by atoms with Gasteiger partial charge < -0.3 is 5.11 Å². The van der Waals surface area contributed by atoms with E-state index in [0.717, 1.165) is 5.56 Å². The van der Waals surface area contributed by atoms with Gasteiger partial charge in [-0.25, -0.2) is 0 Å². The Morgan fingerprint density at radius 1 is 1.73 bits per heavy atom. The summed E-state index contributed by atoms with van der Waals surface area (Å²) in [7, 11) is 0. The minimum absolute atomic E-state index is 0.457. The third-order valence-corrected chi connectivity index (χ3v) is 1.46. The molecule has 0 aromatic carbocycles. The molecule has 2 heteroatoms. The standard InChI is InChI=1S/C9H11NO/c1-2-4-9(11)8-5-3-6-10-7-8/h2-3,5-7,9,11H,1,4H2/t9-/m1/s1. The Morgan fingerprint density at radius 2 is 2.55 bits per heavy atom. The summed E-state index contributed by atoms with van der Waals surface area (Å²) in [5.74, 6) is 0. The Balaban J connectivity index is 2.68. The first kappa shape index (κ1) is 7.95. The zero-order chi connectivity index (χ0) is 8.10. The normalized spacial score (nSPS) is 12.5. The topological polar surface area (TPSA) is 33.1 Å². The average Bonchev–Trinajstić information content (AvgIpc) is 2.07. The van der Waals surface area contributed by atoms with Crippen LogP contribution in [-0.2, 0) is 0 Å². The van der Waals surface area contributed by atoms with E-state index < -0.39 is 6.10 Å². The molecule has 0 saturated heterocycles. The van der Waals surface area contributed by atoms with Gasteiger partial charge in [-0.2, -0.15) is 0 Å². The maximum absolute atomic E-state index is 9.41. The van der Waals surface area contributed by atoms with Crippen molar-refractivity contribution in [2.24, 2.45) is 0 Å². The molecular weight excluding hydrogens is 138 g/mol. The summed E-state index contributed by atoms with van der Waals surface area (Å²) in [5, 5.41) is 9.41. The van der Waals surface area contributed by atoms with Gasteiger partial charge in [0.25, 0.3) is 0 Å². The van der Waals surface area contributed by atoms with Gasteiger partial charge in [-0.15, -0.1) is 6.58 Å². The molecule has 0 aliphatic rings. The summed E-state index contributed by atoms with van der Waals surface area (Å²) in [6.45, 7) is 3.55. The van der Waals surface area contributed by atoms with Gasteiger partial charge in [-0.3, -0.25) is 4.98 Å². The minimum Gasteiger partial charge on any atom is -0.388 e. The molecule has 0 spiro atoms. The lowest BCUT2D eigenvalue weighted by atomic mass is 10.1. The van der Waals surface area contributed by atoms with Crippen LogP contribution in [0.4, 0.5) is 0 Å². The van der Waals surface area contributed by atoms with Gasteiger partial charge in [0.2, 0.25) is 0 Å². The lowest BCUT2D eigenvalue weighted by Gasteiger charge is -2.05. The van der Waals surface area contributed by atoms with E-state index in [1.165, 1.54) is 0 Å². The fourth-order valence-electron chi connectivity index (χ4n) is 0.867. The van der Waals surface area contributed by atoms with Crippen molar-refractivity contribution >= 4 is 0 Å². The highest BCUT2D eigenvalue weighted by Gasteiger charge is 2.02. The fraction of sp³-hybridized carbons (Fsp3) is 0.222. The number of pyridine rings is 1. The summed E-state index contributed by atoms with van der Waals surface area (Å²) in [4.78, 5) is 3.89. The van der Waals surface area contributed by atoms with Gasteiger partial charge in [0.05, 0.1) is 6.10 Å². The van der Waals surface area contributed by atoms with Crippen LogP contribution in [-0.4, -0.2) is 10.1 Å². The second-order valence-corrected chi connectivity index (χ2v) is 2.33. The van der Waals surface area contributed by atoms with Gasteiger partial charge in [0.15, 0.2) is 0 Å². The highest BCUT2D eigenvalue weighted by atomic mass is 16.3. The van der Waals surface area contributed by atoms with E-state index in [2.05, 4.69) is 11.6 Å². The third-order valence-electron chi connectivity index (χ3n) is 1.46. The molecule has 0 bridgehead atoms. The van der Waals surface area contributed by atoms with Crippen molar-refractivity contribution in [2.75, 3.05) is 0 Å². The molecule has 1 aromatic heterocycles. The zero-order valence-corrected chi connectivity index (χ0v) is 6.27. The van der Waals surface area contributed by atoms with Gasteiger partial charge in [-0.1, -0.05) is 12.1 Å². The molecule has 0 aliphatic heterocycles. The van der Waals surface area contributed by atoms with Crippen LogP contribution < -0.4 is 0 Å². The van der Waals surface area contributed by atoms with E-state index in [0.29, 0.717) is 6.42 Å². The van der Waals surface area contributed by atoms with Crippen LogP contribution in [0.15, 0.2) is 37.2 Å². The monoisotopic (exact) mass is 149 g/mol. The highest BCUT2D eigenvalue weighted by Crippen LogP contribution is 2.14. The van der Waals surface area contributed by atoms with Crippen molar-refractivity contribution in [3.05, 3.63) is 42.7 Å². The number of aliphatic hydroxyl groups is 1. The van der Waals surface area contributed by atoms with E-state index in [1.54, 1.807) is 18.5 Å². The molecule has 2 nitrogen and oxygen atoms in total. The number of aromatic nitrogens is 1. The first-order valence-electron chi connectivity index (χ1n) is 3.53. The van der Waals surface area contributed by atoms with Crippen LogP contribution in [0.25, 0.3) is 0 Å². The molecule has 0 unspecified atom stereocenters. The maximum atomic E-state index is 9.41. The molecule has 0 saturated carbocycles. The van der Waals surface area contributed by atoms with Crippen LogP contribution in [0.5, 0.6) is 0 Å². The van der Waals surface area contributed by atoms with E-state index in [9.17, 15) is 5.11 Å². The molecule has 0 fully saturated rings. The lowest BCUT2D eigenvalue weighted by Crippen LogP contribution is -1.95. The molecule has 0 aliphatic carbocycles. The Morgan fingerprint density at radius 3 is 3.09 bits per heavy atom. The number of rotatable bonds is 3. The molecule has 0 amide bonds. The van der Waals surface area contributed by atoms with Crippen molar-refractivity contribution in [3.8, 4) is 0 Å². The zero-order valence-electron chi connectivity index (χ0n) is 6.27. The van der Waals surface area contributed by atoms with Gasteiger partial charge in [0, 0.05) is 12.4 Å². The SMILES string of the molecule is C=CC[C@@H](O)c1cccnc1. The van der Waals surface area contributed by atoms with Gasteiger partial charge >= 0.3 is 0 Å².